The van der Waals surface area contributed by atoms with E-state index in [1.54, 1.807) is 6.20 Å². The highest BCUT2D eigenvalue weighted by Crippen LogP contribution is 2.41. The molecule has 10 rings (SSSR count). The van der Waals surface area contributed by atoms with E-state index in [-0.39, 0.29) is 0 Å². The predicted molar refractivity (Wildman–Crippen MR) is 195 cm³/mol. The molecular weight excluding hydrogens is 605 g/mol. The quantitative estimate of drug-likeness (QED) is 0.189. The van der Waals surface area contributed by atoms with E-state index >= 15 is 0 Å². The van der Waals surface area contributed by atoms with E-state index in [0.717, 1.165) is 72.1 Å². The van der Waals surface area contributed by atoms with Crippen LogP contribution in [0.1, 0.15) is 0 Å². The van der Waals surface area contributed by atoms with Crippen molar-refractivity contribution in [1.29, 1.82) is 0 Å². The van der Waals surface area contributed by atoms with Crippen molar-refractivity contribution in [3.05, 3.63) is 158 Å². The van der Waals surface area contributed by atoms with Gasteiger partial charge in [0.2, 0.25) is 11.8 Å². The van der Waals surface area contributed by atoms with Crippen LogP contribution in [0.25, 0.3) is 89.3 Å². The molecule has 5 aromatic carbocycles. The van der Waals surface area contributed by atoms with Crippen LogP contribution in [0.5, 0.6) is 0 Å². The Kier molecular flexibility index (Phi) is 6.04. The Balaban J connectivity index is 1.17. The minimum Gasteiger partial charge on any atom is -0.416 e. The van der Waals surface area contributed by atoms with E-state index in [9.17, 15) is 0 Å². The van der Waals surface area contributed by atoms with Crippen LogP contribution in [0.3, 0.4) is 0 Å². The molecule has 7 heteroatoms. The second kappa shape index (κ2) is 10.9. The average molecular weight is 631 g/mol. The Labute approximate surface area is 280 Å². The molecule has 0 bridgehead atoms. The van der Waals surface area contributed by atoms with Gasteiger partial charge in [0.1, 0.15) is 5.82 Å². The van der Waals surface area contributed by atoms with Crippen LogP contribution in [0.2, 0.25) is 0 Å². The van der Waals surface area contributed by atoms with Gasteiger partial charge in [0.25, 0.3) is 0 Å². The van der Waals surface area contributed by atoms with Crippen molar-refractivity contribution in [2.45, 2.75) is 0 Å². The maximum Gasteiger partial charge on any atom is 0.250 e. The molecule has 0 aliphatic carbocycles. The van der Waals surface area contributed by atoms with E-state index < -0.39 is 0 Å². The predicted octanol–water partition coefficient (Wildman–Crippen LogP) is 10.1. The topological polar surface area (TPSA) is 74.6 Å². The highest BCUT2D eigenvalue weighted by molar-refractivity contribution is 6.15. The number of rotatable bonds is 5. The second-order valence-corrected chi connectivity index (χ2v) is 12.0. The molecule has 0 fully saturated rings. The van der Waals surface area contributed by atoms with Crippen LogP contribution >= 0.6 is 0 Å². The summed E-state index contributed by atoms with van der Waals surface area (Å²) in [5, 5.41) is 13.7. The summed E-state index contributed by atoms with van der Waals surface area (Å²) in [7, 11) is 0. The fourth-order valence-electron chi connectivity index (χ4n) is 7.14. The normalized spacial score (nSPS) is 11.7. The molecule has 0 atom stereocenters. The van der Waals surface area contributed by atoms with Gasteiger partial charge in [-0.3, -0.25) is 9.55 Å². The second-order valence-electron chi connectivity index (χ2n) is 12.0. The highest BCUT2D eigenvalue weighted by Gasteiger charge is 2.23. The lowest BCUT2D eigenvalue weighted by molar-refractivity contribution is 0.585. The van der Waals surface area contributed by atoms with Crippen molar-refractivity contribution >= 4 is 43.6 Å². The van der Waals surface area contributed by atoms with Crippen molar-refractivity contribution in [3.63, 3.8) is 0 Å². The average Bonchev–Trinajstić information content (AvgIpc) is 3.89. The summed E-state index contributed by atoms with van der Waals surface area (Å²) in [5.74, 6) is 1.74. The molecule has 5 aromatic heterocycles. The summed E-state index contributed by atoms with van der Waals surface area (Å²) in [6.45, 7) is 0. The first-order valence-corrected chi connectivity index (χ1v) is 16.2. The van der Waals surface area contributed by atoms with Crippen molar-refractivity contribution in [1.82, 2.24) is 29.3 Å². The standard InChI is InChI=1S/C42H26N6O/c1-2-13-28(14-3-1)47-35-21-6-4-15-29(35)30-17-8-19-33(40(30)47)42-46-45-41(49-42)32-18-9-23-37-39(32)31-16-5-7-22-36(31)48(37)38-24-10-20-34(44-38)27-12-11-25-43-26-27/h1-26H. The van der Waals surface area contributed by atoms with Gasteiger partial charge in [0, 0.05) is 50.8 Å². The first kappa shape index (κ1) is 27.3. The fourth-order valence-corrected chi connectivity index (χ4v) is 7.14. The molecule has 7 nitrogen and oxygen atoms in total. The molecule has 0 radical (unpaired) electrons. The minimum atomic E-state index is 0.458. The summed E-state index contributed by atoms with van der Waals surface area (Å²) in [5.41, 5.74) is 8.82. The Hall–Kier alpha value is -6.86. The molecule has 0 saturated carbocycles. The monoisotopic (exact) mass is 630 g/mol. The lowest BCUT2D eigenvalue weighted by Crippen LogP contribution is -1.98. The van der Waals surface area contributed by atoms with Crippen LogP contribution in [0.15, 0.2) is 162 Å². The minimum absolute atomic E-state index is 0.458. The smallest absolute Gasteiger partial charge is 0.250 e. The van der Waals surface area contributed by atoms with Gasteiger partial charge in [-0.05, 0) is 66.7 Å². The molecule has 0 spiro atoms. The van der Waals surface area contributed by atoms with E-state index in [2.05, 4.69) is 127 Å². The fraction of sp³-hybridized carbons (Fsp3) is 0. The molecule has 10 aromatic rings. The summed E-state index contributed by atoms with van der Waals surface area (Å²) in [4.78, 5) is 9.38. The van der Waals surface area contributed by atoms with Gasteiger partial charge in [0.05, 0.1) is 33.3 Å². The largest absolute Gasteiger partial charge is 0.416 e. The van der Waals surface area contributed by atoms with Gasteiger partial charge in [0.15, 0.2) is 0 Å². The van der Waals surface area contributed by atoms with Crippen LogP contribution in [-0.4, -0.2) is 29.3 Å². The third kappa shape index (κ3) is 4.22. The first-order chi connectivity index (χ1) is 24.3. The zero-order chi connectivity index (χ0) is 32.3. The molecule has 0 aliphatic heterocycles. The van der Waals surface area contributed by atoms with Gasteiger partial charge >= 0.3 is 0 Å². The van der Waals surface area contributed by atoms with Gasteiger partial charge in [-0.15, -0.1) is 10.2 Å². The number of hydrogen-bond donors (Lipinski definition) is 0. The molecule has 0 aliphatic rings. The number of nitrogens with zero attached hydrogens (tertiary/aromatic N) is 6. The number of pyridine rings is 2. The van der Waals surface area contributed by atoms with Crippen molar-refractivity contribution in [2.75, 3.05) is 0 Å². The zero-order valence-corrected chi connectivity index (χ0v) is 26.1. The van der Waals surface area contributed by atoms with Crippen LogP contribution in [0.4, 0.5) is 0 Å². The number of hydrogen-bond acceptors (Lipinski definition) is 5. The molecule has 49 heavy (non-hydrogen) atoms. The van der Waals surface area contributed by atoms with E-state index in [4.69, 9.17) is 9.40 Å². The van der Waals surface area contributed by atoms with Gasteiger partial charge in [-0.1, -0.05) is 78.9 Å². The van der Waals surface area contributed by atoms with Crippen molar-refractivity contribution in [3.8, 4) is 45.7 Å². The molecule has 0 unspecified atom stereocenters. The molecule has 5 heterocycles. The van der Waals surface area contributed by atoms with Crippen molar-refractivity contribution in [2.24, 2.45) is 0 Å². The molecule has 0 N–H and O–H groups in total. The maximum absolute atomic E-state index is 6.63. The summed E-state index contributed by atoms with van der Waals surface area (Å²) >= 11 is 0. The molecule has 230 valence electrons. The van der Waals surface area contributed by atoms with Gasteiger partial charge in [-0.2, -0.15) is 0 Å². The number of fused-ring (bicyclic) bond motifs is 6. The Bertz CT molecular complexity index is 2830. The third-order valence-corrected chi connectivity index (χ3v) is 9.21. The summed E-state index contributed by atoms with van der Waals surface area (Å²) in [6.07, 6.45) is 3.61. The third-order valence-electron chi connectivity index (χ3n) is 9.21. The SMILES string of the molecule is c1ccc(-n2c3ccccc3c3cccc(-c4nnc(-c5cccc6c5c5ccccc5n6-c5cccc(-c6cccnc6)n5)o4)c32)cc1. The molecule has 0 saturated heterocycles. The zero-order valence-electron chi connectivity index (χ0n) is 26.1. The first-order valence-electron chi connectivity index (χ1n) is 16.2. The Morgan fingerprint density at radius 2 is 1.16 bits per heavy atom. The molecule has 0 amide bonds. The van der Waals surface area contributed by atoms with Crippen molar-refractivity contribution < 1.29 is 4.42 Å². The van der Waals surface area contributed by atoms with Gasteiger partial charge in [-0.25, -0.2) is 4.98 Å². The van der Waals surface area contributed by atoms with Crippen LogP contribution in [0, 0.1) is 0 Å². The lowest BCUT2D eigenvalue weighted by atomic mass is 10.1. The number of benzene rings is 5. The Morgan fingerprint density at radius 1 is 0.490 bits per heavy atom. The number of aromatic nitrogens is 6. The van der Waals surface area contributed by atoms with Crippen LogP contribution in [-0.2, 0) is 0 Å². The maximum atomic E-state index is 6.63. The molecular formula is C42H26N6O. The van der Waals surface area contributed by atoms with E-state index in [1.165, 1.54) is 5.39 Å². The summed E-state index contributed by atoms with van der Waals surface area (Å²) < 4.78 is 11.1. The summed E-state index contributed by atoms with van der Waals surface area (Å²) in [6, 6.07) is 49.8. The Morgan fingerprint density at radius 3 is 2.00 bits per heavy atom. The van der Waals surface area contributed by atoms with E-state index in [1.807, 2.05) is 48.7 Å². The van der Waals surface area contributed by atoms with E-state index in [0.29, 0.717) is 11.8 Å². The van der Waals surface area contributed by atoms with Crippen LogP contribution < -0.4 is 0 Å². The lowest BCUT2D eigenvalue weighted by Gasteiger charge is -2.09. The number of para-hydroxylation sites is 4. The van der Waals surface area contributed by atoms with Gasteiger partial charge < -0.3 is 8.98 Å². The highest BCUT2D eigenvalue weighted by atomic mass is 16.4.